The molecule has 0 fully saturated rings. The van der Waals surface area contributed by atoms with E-state index in [1.54, 1.807) is 5.01 Å². The van der Waals surface area contributed by atoms with Crippen LogP contribution in [-0.2, 0) is 0 Å². The Labute approximate surface area is 127 Å². The molecule has 1 aliphatic rings. The van der Waals surface area contributed by atoms with Crippen molar-refractivity contribution in [2.45, 2.75) is 0 Å². The largest absolute Gasteiger partial charge is 1.00 e. The second kappa shape index (κ2) is 5.96. The van der Waals surface area contributed by atoms with E-state index in [0.717, 1.165) is 10.8 Å². The van der Waals surface area contributed by atoms with Crippen molar-refractivity contribution >= 4 is 22.9 Å². The zero-order chi connectivity index (χ0) is 13.2. The lowest BCUT2D eigenvalue weighted by Crippen LogP contribution is -3.00. The fourth-order valence-electron chi connectivity index (χ4n) is 2.16. The predicted octanol–water partition coefficient (Wildman–Crippen LogP) is -1.70. The number of nitrogens with zero attached hydrogens (tertiary/aromatic N) is 3. The van der Waals surface area contributed by atoms with Crippen LogP contribution in [0.4, 0.5) is 0 Å². The van der Waals surface area contributed by atoms with Crippen LogP contribution >= 0.6 is 0 Å². The lowest BCUT2D eigenvalue weighted by molar-refractivity contribution is -0.0000123. The number of hydrazone groups is 1. The fourth-order valence-corrected chi connectivity index (χ4v) is 2.16. The predicted molar refractivity (Wildman–Crippen MR) is 73.3 cm³/mol. The number of nitrogens with two attached hydrogens (primary N) is 1. The summed E-state index contributed by atoms with van der Waals surface area (Å²) in [5.41, 5.74) is 0.712. The number of halogens is 1. The third-order valence-corrected chi connectivity index (χ3v) is 3.05. The smallest absolute Gasteiger partial charge is 0.561 e. The van der Waals surface area contributed by atoms with E-state index in [4.69, 9.17) is 5.84 Å². The number of benzene rings is 2. The first-order chi connectivity index (χ1) is 9.24. The summed E-state index contributed by atoms with van der Waals surface area (Å²) in [7, 11) is 0. The molecule has 20 heavy (non-hydrogen) atoms. The maximum absolute atomic E-state index is 12.3. The molecule has 2 N–H and O–H groups in total. The summed E-state index contributed by atoms with van der Waals surface area (Å²) in [5.74, 6) is 5.53. The molecule has 0 aromatic heterocycles. The highest BCUT2D eigenvalue weighted by Gasteiger charge is 2.26. The highest BCUT2D eigenvalue weighted by molar-refractivity contribution is 6.09. The summed E-state index contributed by atoms with van der Waals surface area (Å²) in [4.78, 5) is 12.3. The van der Waals surface area contributed by atoms with Crippen molar-refractivity contribution in [3.05, 3.63) is 48.0 Å². The molecule has 0 amide bonds. The number of Topliss-reactive ketones (excluding diaryl/α,β-unsaturated/α-hetero) is 1. The van der Waals surface area contributed by atoms with Gasteiger partial charge in [-0.1, -0.05) is 47.5 Å². The minimum absolute atomic E-state index is 0. The second-order valence-electron chi connectivity index (χ2n) is 4.43. The van der Waals surface area contributed by atoms with Gasteiger partial charge in [0.2, 0.25) is 0 Å². The van der Waals surface area contributed by atoms with E-state index in [2.05, 4.69) is 11.4 Å². The van der Waals surface area contributed by atoms with Crippen LogP contribution in [0.15, 0.2) is 47.6 Å². The molecule has 0 radical (unpaired) electrons. The molecule has 2 aromatic carbocycles. The van der Waals surface area contributed by atoms with Crippen molar-refractivity contribution in [3.63, 3.8) is 0 Å². The Hall–Kier alpha value is -2.01. The highest BCUT2D eigenvalue weighted by atomic mass is 79.9. The maximum Gasteiger partial charge on any atom is 0.561 e. The lowest BCUT2D eigenvalue weighted by Gasteiger charge is -2.10. The minimum Gasteiger partial charge on any atom is -1.00 e. The Morgan fingerprint density at radius 2 is 2.00 bits per heavy atom. The molecular formula is C14H13BrN4O. The van der Waals surface area contributed by atoms with E-state index in [0.29, 0.717) is 12.2 Å². The molecule has 6 heteroatoms. The van der Waals surface area contributed by atoms with Crippen molar-refractivity contribution < 1.29 is 21.8 Å². The van der Waals surface area contributed by atoms with Gasteiger partial charge in [-0.15, -0.1) is 0 Å². The summed E-state index contributed by atoms with van der Waals surface area (Å²) in [5, 5.41) is 8.85. The van der Waals surface area contributed by atoms with E-state index in [1.165, 1.54) is 5.01 Å². The summed E-state index contributed by atoms with van der Waals surface area (Å²) < 4.78 is 0. The van der Waals surface area contributed by atoms with Crippen LogP contribution in [-0.4, -0.2) is 35.4 Å². The van der Waals surface area contributed by atoms with Gasteiger partial charge < -0.3 is 17.0 Å². The topological polar surface area (TPSA) is 61.9 Å². The first kappa shape index (κ1) is 14.4. The number of hydrogen-bond acceptors (Lipinski definition) is 5. The summed E-state index contributed by atoms with van der Waals surface area (Å²) in [6.07, 6.45) is 2.57. The summed E-state index contributed by atoms with van der Waals surface area (Å²) in [6, 6.07) is 13.6. The first-order valence-corrected chi connectivity index (χ1v) is 5.98. The van der Waals surface area contributed by atoms with Crippen LogP contribution in [0.5, 0.6) is 0 Å². The lowest BCUT2D eigenvalue weighted by atomic mass is 10.0. The monoisotopic (exact) mass is 332 g/mol. The molecule has 5 nitrogen and oxygen atoms in total. The SMILES string of the molecule is NN1[C+]=NN(CC(=O)c2cccc3ccccc23)C1.[Br-]. The van der Waals surface area contributed by atoms with Gasteiger partial charge >= 0.3 is 6.34 Å². The van der Waals surface area contributed by atoms with Gasteiger partial charge in [-0.25, -0.2) is 10.9 Å². The van der Waals surface area contributed by atoms with Crippen LogP contribution in [0.2, 0.25) is 0 Å². The van der Waals surface area contributed by atoms with Gasteiger partial charge in [-0.05, 0) is 10.8 Å². The van der Waals surface area contributed by atoms with Crippen molar-refractivity contribution in [1.82, 2.24) is 10.0 Å². The van der Waals surface area contributed by atoms with Crippen molar-refractivity contribution in [2.24, 2.45) is 10.9 Å². The average molecular weight is 333 g/mol. The molecule has 1 heterocycles. The van der Waals surface area contributed by atoms with Crippen molar-refractivity contribution in [2.75, 3.05) is 13.2 Å². The van der Waals surface area contributed by atoms with Gasteiger partial charge in [-0.3, -0.25) is 4.79 Å². The number of hydrazine groups is 1. The number of hydrogen-bond donors (Lipinski definition) is 1. The molecule has 0 atom stereocenters. The Morgan fingerprint density at radius 1 is 1.25 bits per heavy atom. The third kappa shape index (κ3) is 2.77. The maximum atomic E-state index is 12.3. The molecule has 1 aliphatic heterocycles. The van der Waals surface area contributed by atoms with E-state index in [-0.39, 0.29) is 29.3 Å². The van der Waals surface area contributed by atoms with Gasteiger partial charge in [0.1, 0.15) is 11.6 Å². The molecule has 0 bridgehead atoms. The van der Waals surface area contributed by atoms with Gasteiger partial charge in [0, 0.05) is 5.56 Å². The normalized spacial score (nSPS) is 13.2. The zero-order valence-electron chi connectivity index (χ0n) is 10.7. The Balaban J connectivity index is 0.00000147. The average Bonchev–Trinajstić information content (AvgIpc) is 2.83. The zero-order valence-corrected chi connectivity index (χ0v) is 12.2. The molecule has 0 spiro atoms. The highest BCUT2D eigenvalue weighted by Crippen LogP contribution is 2.19. The van der Waals surface area contributed by atoms with Gasteiger partial charge in [0.15, 0.2) is 12.5 Å². The Bertz CT molecular complexity index is 653. The quantitative estimate of drug-likeness (QED) is 0.413. The number of rotatable bonds is 3. The Kier molecular flexibility index (Phi) is 4.29. The standard InChI is InChI=1S/C14H13N4O.BrH/c15-17-9-16-18(10-17)8-14(19)13-7-3-5-11-4-1-2-6-12(11)13;/h1-7H,8,10,15H2;1H/q+1;/p-1. The number of carbonyl (C=O) groups is 1. The molecular weight excluding hydrogens is 320 g/mol. The van der Waals surface area contributed by atoms with Gasteiger partial charge in [0.25, 0.3) is 0 Å². The molecule has 102 valence electrons. The van der Waals surface area contributed by atoms with Crippen LogP contribution in [0.1, 0.15) is 10.4 Å². The number of carbonyl (C=O) groups excluding carboxylic acids is 1. The number of ketones is 1. The molecule has 0 unspecified atom stereocenters. The van der Waals surface area contributed by atoms with Crippen molar-refractivity contribution in [3.8, 4) is 0 Å². The van der Waals surface area contributed by atoms with Gasteiger partial charge in [-0.2, -0.15) is 0 Å². The van der Waals surface area contributed by atoms with E-state index < -0.39 is 0 Å². The molecule has 3 rings (SSSR count). The van der Waals surface area contributed by atoms with E-state index >= 15 is 0 Å². The fraction of sp³-hybridized carbons (Fsp3) is 0.143. The van der Waals surface area contributed by atoms with Crippen LogP contribution in [0.25, 0.3) is 10.8 Å². The Morgan fingerprint density at radius 3 is 2.75 bits per heavy atom. The van der Waals surface area contributed by atoms with E-state index in [1.807, 2.05) is 42.5 Å². The minimum atomic E-state index is 0. The first-order valence-electron chi connectivity index (χ1n) is 5.98. The molecule has 0 saturated carbocycles. The van der Waals surface area contributed by atoms with Gasteiger partial charge in [0.05, 0.1) is 0 Å². The van der Waals surface area contributed by atoms with Crippen LogP contribution < -0.4 is 22.8 Å². The summed E-state index contributed by atoms with van der Waals surface area (Å²) >= 11 is 0. The van der Waals surface area contributed by atoms with E-state index in [9.17, 15) is 4.79 Å². The third-order valence-electron chi connectivity index (χ3n) is 3.05. The van der Waals surface area contributed by atoms with Crippen LogP contribution in [0.3, 0.4) is 0 Å². The molecule has 0 aliphatic carbocycles. The van der Waals surface area contributed by atoms with Crippen molar-refractivity contribution in [1.29, 1.82) is 0 Å². The second-order valence-corrected chi connectivity index (χ2v) is 4.43. The molecule has 0 saturated heterocycles. The number of fused-ring (bicyclic) bond motifs is 1. The summed E-state index contributed by atoms with van der Waals surface area (Å²) in [6.45, 7) is 0.589. The van der Waals surface area contributed by atoms with Crippen LogP contribution in [0, 0.1) is 0 Å². The molecule has 2 aromatic rings.